The van der Waals surface area contributed by atoms with Gasteiger partial charge in [0.25, 0.3) is 0 Å². The van der Waals surface area contributed by atoms with Gasteiger partial charge in [-0.05, 0) is 49.9 Å². The second-order valence-corrected chi connectivity index (χ2v) is 6.55. The molecule has 1 fully saturated rings. The van der Waals surface area contributed by atoms with E-state index in [2.05, 4.69) is 46.8 Å². The maximum atomic E-state index is 11.8. The lowest BCUT2D eigenvalue weighted by Crippen LogP contribution is -2.49. The number of carboxylic acid groups (broad SMARTS) is 1. The Hall–Kier alpha value is -0.870. The van der Waals surface area contributed by atoms with Crippen LogP contribution in [0.4, 0.5) is 0 Å². The zero-order chi connectivity index (χ0) is 14.8. The molecule has 2 rings (SSSR count). The van der Waals surface area contributed by atoms with Crippen LogP contribution < -0.4 is 0 Å². The van der Waals surface area contributed by atoms with Crippen molar-refractivity contribution in [2.24, 2.45) is 0 Å². The maximum Gasteiger partial charge on any atom is 0.324 e. The first-order valence-electron chi connectivity index (χ1n) is 7.23. The molecule has 0 spiro atoms. The fourth-order valence-corrected chi connectivity index (χ4v) is 3.48. The highest BCUT2D eigenvalue weighted by Crippen LogP contribution is 2.35. The Balaban J connectivity index is 2.22. The average molecular weight is 340 g/mol. The fraction of sp³-hybridized carbons (Fsp3) is 0.562. The van der Waals surface area contributed by atoms with Crippen molar-refractivity contribution in [1.29, 1.82) is 0 Å². The molecule has 0 amide bonds. The van der Waals surface area contributed by atoms with Crippen molar-refractivity contribution >= 4 is 21.9 Å². The number of nitrogens with zero attached hydrogens (tertiary/aromatic N) is 1. The lowest BCUT2D eigenvalue weighted by molar-refractivity contribution is -0.150. The number of aryl methyl sites for hydroxylation is 1. The van der Waals surface area contributed by atoms with Crippen LogP contribution in [0.5, 0.6) is 0 Å². The Labute approximate surface area is 129 Å². The molecule has 0 radical (unpaired) electrons. The zero-order valence-electron chi connectivity index (χ0n) is 12.2. The van der Waals surface area contributed by atoms with Crippen molar-refractivity contribution in [1.82, 2.24) is 4.90 Å². The predicted molar refractivity (Wildman–Crippen MR) is 83.8 cm³/mol. The Morgan fingerprint density at radius 3 is 2.85 bits per heavy atom. The minimum Gasteiger partial charge on any atom is -0.480 e. The number of halogens is 1. The molecule has 3 nitrogen and oxygen atoms in total. The van der Waals surface area contributed by atoms with Crippen LogP contribution in [0.2, 0.25) is 0 Å². The summed E-state index contributed by atoms with van der Waals surface area (Å²) in [7, 11) is 0. The molecule has 0 bridgehead atoms. The fourth-order valence-electron chi connectivity index (χ4n) is 3.24. The van der Waals surface area contributed by atoms with E-state index in [1.54, 1.807) is 0 Å². The Kier molecular flexibility index (Phi) is 4.86. The Bertz CT molecular complexity index is 503. The van der Waals surface area contributed by atoms with Crippen LogP contribution in [-0.4, -0.2) is 28.1 Å². The smallest absolute Gasteiger partial charge is 0.324 e. The molecular weight excluding hydrogens is 318 g/mol. The van der Waals surface area contributed by atoms with E-state index in [1.165, 1.54) is 11.1 Å². The normalized spacial score (nSPS) is 23.1. The van der Waals surface area contributed by atoms with E-state index in [-0.39, 0.29) is 0 Å². The largest absolute Gasteiger partial charge is 0.480 e. The van der Waals surface area contributed by atoms with Gasteiger partial charge in [0.05, 0.1) is 0 Å². The number of likely N-dealkylation sites (tertiary alicyclic amines) is 1. The molecule has 1 atom stereocenters. The van der Waals surface area contributed by atoms with Crippen LogP contribution in [0.3, 0.4) is 0 Å². The predicted octanol–water partition coefficient (Wildman–Crippen LogP) is 3.98. The third kappa shape index (κ3) is 2.91. The van der Waals surface area contributed by atoms with Crippen molar-refractivity contribution < 1.29 is 9.90 Å². The quantitative estimate of drug-likeness (QED) is 0.882. The molecule has 0 saturated carbocycles. The van der Waals surface area contributed by atoms with E-state index >= 15 is 0 Å². The maximum absolute atomic E-state index is 11.8. The standard InChI is InChI=1S/C16H22BrNO2/c1-3-7-16(15(19)20)8-4-9-18(16)11-13-5-6-14(17)12(2)10-13/h5-6,10H,3-4,7-9,11H2,1-2H3,(H,19,20). The van der Waals surface area contributed by atoms with Gasteiger partial charge in [0.1, 0.15) is 5.54 Å². The first-order chi connectivity index (χ1) is 9.49. The Morgan fingerprint density at radius 1 is 1.50 bits per heavy atom. The van der Waals surface area contributed by atoms with Crippen molar-refractivity contribution in [2.75, 3.05) is 6.54 Å². The van der Waals surface area contributed by atoms with E-state index in [0.29, 0.717) is 0 Å². The number of aliphatic carboxylic acids is 1. The molecule has 110 valence electrons. The van der Waals surface area contributed by atoms with Gasteiger partial charge in [0.15, 0.2) is 0 Å². The van der Waals surface area contributed by atoms with Crippen molar-refractivity contribution in [3.63, 3.8) is 0 Å². The molecule has 1 aliphatic heterocycles. The molecule has 20 heavy (non-hydrogen) atoms. The minimum absolute atomic E-state index is 0.657. The summed E-state index contributed by atoms with van der Waals surface area (Å²) in [4.78, 5) is 13.9. The van der Waals surface area contributed by atoms with Gasteiger partial charge in [-0.2, -0.15) is 0 Å². The topological polar surface area (TPSA) is 40.5 Å². The van der Waals surface area contributed by atoms with Gasteiger partial charge in [0.2, 0.25) is 0 Å². The van der Waals surface area contributed by atoms with E-state index in [1.807, 2.05) is 6.07 Å². The van der Waals surface area contributed by atoms with Crippen LogP contribution in [-0.2, 0) is 11.3 Å². The van der Waals surface area contributed by atoms with Gasteiger partial charge in [0, 0.05) is 11.0 Å². The number of carbonyl (C=O) groups is 1. The summed E-state index contributed by atoms with van der Waals surface area (Å²) in [6.07, 6.45) is 3.38. The molecule has 0 aliphatic carbocycles. The lowest BCUT2D eigenvalue weighted by atomic mass is 9.90. The molecule has 1 aromatic rings. The third-order valence-electron chi connectivity index (χ3n) is 4.28. The minimum atomic E-state index is -0.661. The second kappa shape index (κ2) is 6.27. The highest BCUT2D eigenvalue weighted by Gasteiger charge is 2.46. The molecule has 1 aromatic carbocycles. The molecule has 1 saturated heterocycles. The molecule has 1 heterocycles. The molecule has 1 N–H and O–H groups in total. The number of hydrogen-bond donors (Lipinski definition) is 1. The van der Waals surface area contributed by atoms with Crippen molar-refractivity contribution in [3.8, 4) is 0 Å². The summed E-state index contributed by atoms with van der Waals surface area (Å²) in [5.74, 6) is -0.661. The summed E-state index contributed by atoms with van der Waals surface area (Å²) in [5.41, 5.74) is 1.72. The van der Waals surface area contributed by atoms with Gasteiger partial charge in [-0.1, -0.05) is 41.4 Å². The number of benzene rings is 1. The molecule has 1 aliphatic rings. The van der Waals surface area contributed by atoms with E-state index in [9.17, 15) is 9.90 Å². The molecule has 0 aromatic heterocycles. The van der Waals surface area contributed by atoms with Crippen LogP contribution >= 0.6 is 15.9 Å². The van der Waals surface area contributed by atoms with Gasteiger partial charge < -0.3 is 5.11 Å². The summed E-state index contributed by atoms with van der Waals surface area (Å²) in [5, 5.41) is 9.69. The van der Waals surface area contributed by atoms with Gasteiger partial charge in [-0.15, -0.1) is 0 Å². The van der Waals surface area contributed by atoms with E-state index in [0.717, 1.165) is 43.2 Å². The van der Waals surface area contributed by atoms with Crippen LogP contribution in [0.15, 0.2) is 22.7 Å². The summed E-state index contributed by atoms with van der Waals surface area (Å²) in [6.45, 7) is 5.72. The van der Waals surface area contributed by atoms with Crippen molar-refractivity contribution in [2.45, 2.75) is 51.6 Å². The lowest BCUT2D eigenvalue weighted by Gasteiger charge is -2.34. The van der Waals surface area contributed by atoms with Crippen LogP contribution in [0.1, 0.15) is 43.7 Å². The summed E-state index contributed by atoms with van der Waals surface area (Å²) >= 11 is 3.50. The van der Waals surface area contributed by atoms with Gasteiger partial charge >= 0.3 is 5.97 Å². The average Bonchev–Trinajstić information content (AvgIpc) is 2.79. The first-order valence-corrected chi connectivity index (χ1v) is 8.02. The van der Waals surface area contributed by atoms with Gasteiger partial charge in [-0.3, -0.25) is 9.69 Å². The van der Waals surface area contributed by atoms with Crippen LogP contribution in [0, 0.1) is 6.92 Å². The number of hydrogen-bond acceptors (Lipinski definition) is 2. The number of carboxylic acids is 1. The SMILES string of the molecule is CCCC1(C(=O)O)CCCN1Cc1ccc(Br)c(C)c1. The highest BCUT2D eigenvalue weighted by atomic mass is 79.9. The first kappa shape index (κ1) is 15.5. The third-order valence-corrected chi connectivity index (χ3v) is 5.17. The molecule has 4 heteroatoms. The van der Waals surface area contributed by atoms with E-state index in [4.69, 9.17) is 0 Å². The van der Waals surface area contributed by atoms with E-state index < -0.39 is 11.5 Å². The Morgan fingerprint density at radius 2 is 2.25 bits per heavy atom. The second-order valence-electron chi connectivity index (χ2n) is 5.70. The van der Waals surface area contributed by atoms with Gasteiger partial charge in [-0.25, -0.2) is 0 Å². The molecule has 1 unspecified atom stereocenters. The summed E-state index contributed by atoms with van der Waals surface area (Å²) in [6, 6.07) is 6.26. The zero-order valence-corrected chi connectivity index (χ0v) is 13.7. The summed E-state index contributed by atoms with van der Waals surface area (Å²) < 4.78 is 1.10. The van der Waals surface area contributed by atoms with Crippen molar-refractivity contribution in [3.05, 3.63) is 33.8 Å². The van der Waals surface area contributed by atoms with Crippen LogP contribution in [0.25, 0.3) is 0 Å². The monoisotopic (exact) mass is 339 g/mol. The number of rotatable bonds is 5. The highest BCUT2D eigenvalue weighted by molar-refractivity contribution is 9.10. The molecular formula is C16H22BrNO2.